The van der Waals surface area contributed by atoms with Gasteiger partial charge in [0.2, 0.25) is 0 Å². The van der Waals surface area contributed by atoms with Crippen molar-refractivity contribution in [1.82, 2.24) is 0 Å². The van der Waals surface area contributed by atoms with Crippen LogP contribution >= 0.6 is 40.7 Å². The Hall–Kier alpha value is 0.0400. The third-order valence-electron chi connectivity index (χ3n) is 2.42. The Morgan fingerprint density at radius 2 is 1.93 bits per heavy atom. The van der Waals surface area contributed by atoms with E-state index in [2.05, 4.69) is 39.0 Å². The number of para-hydroxylation sites is 1. The number of benzene rings is 1. The van der Waals surface area contributed by atoms with Crippen LogP contribution in [0.3, 0.4) is 0 Å². The van der Waals surface area contributed by atoms with Gasteiger partial charge >= 0.3 is 0 Å². The highest BCUT2D eigenvalue weighted by Crippen LogP contribution is 2.27. The summed E-state index contributed by atoms with van der Waals surface area (Å²) in [5, 5.41) is 0. The fourth-order valence-electron chi connectivity index (χ4n) is 1.71. The third kappa shape index (κ3) is 3.52. The van der Waals surface area contributed by atoms with Crippen LogP contribution in [0.25, 0.3) is 0 Å². The summed E-state index contributed by atoms with van der Waals surface area (Å²) < 4.78 is 1.16. The zero-order chi connectivity index (χ0) is 9.26. The second-order valence-corrected chi connectivity index (χ2v) is 4.30. The van der Waals surface area contributed by atoms with Crippen molar-refractivity contribution in [2.75, 3.05) is 18.0 Å². The Labute approximate surface area is 111 Å². The Morgan fingerprint density at radius 1 is 1.27 bits per heavy atom. The predicted octanol–water partition coefficient (Wildman–Crippen LogP) is 2.83. The maximum Gasteiger partial charge on any atom is 0.0511 e. The Morgan fingerprint density at radius 3 is 2.47 bits per heavy atom. The van der Waals surface area contributed by atoms with E-state index in [0.29, 0.717) is 6.04 Å². The van der Waals surface area contributed by atoms with Gasteiger partial charge in [-0.1, -0.05) is 12.1 Å². The van der Waals surface area contributed by atoms with Crippen molar-refractivity contribution in [2.24, 2.45) is 5.73 Å². The monoisotopic (exact) mass is 312 g/mol. The molecule has 0 amide bonds. The minimum absolute atomic E-state index is 0. The lowest BCUT2D eigenvalue weighted by Gasteiger charge is -2.19. The van der Waals surface area contributed by atoms with Gasteiger partial charge in [-0.05, 0) is 34.5 Å². The molecular formula is C10H15BrCl2N2. The summed E-state index contributed by atoms with van der Waals surface area (Å²) in [5.74, 6) is 0. The van der Waals surface area contributed by atoms with E-state index < -0.39 is 0 Å². The van der Waals surface area contributed by atoms with E-state index in [1.165, 1.54) is 5.69 Å². The molecule has 1 saturated heterocycles. The normalized spacial score (nSPS) is 19.3. The van der Waals surface area contributed by atoms with E-state index in [4.69, 9.17) is 5.73 Å². The standard InChI is InChI=1S/C10H13BrN2.2ClH/c11-9-3-1-2-4-10(9)13-6-5-8(12)7-13;;/h1-4,8H,5-7,12H2;2*1H. The van der Waals surface area contributed by atoms with E-state index >= 15 is 0 Å². The van der Waals surface area contributed by atoms with Crippen molar-refractivity contribution in [3.05, 3.63) is 28.7 Å². The van der Waals surface area contributed by atoms with Crippen molar-refractivity contribution in [3.8, 4) is 0 Å². The van der Waals surface area contributed by atoms with E-state index in [1.54, 1.807) is 0 Å². The van der Waals surface area contributed by atoms with Crippen LogP contribution in [0.5, 0.6) is 0 Å². The molecule has 15 heavy (non-hydrogen) atoms. The minimum Gasteiger partial charge on any atom is -0.369 e. The van der Waals surface area contributed by atoms with Crippen LogP contribution < -0.4 is 10.6 Å². The molecule has 0 saturated carbocycles. The van der Waals surface area contributed by atoms with Crippen molar-refractivity contribution >= 4 is 46.4 Å². The Balaban J connectivity index is 0.000000980. The first-order valence-electron chi connectivity index (χ1n) is 4.52. The zero-order valence-electron chi connectivity index (χ0n) is 8.23. The number of halogens is 3. The van der Waals surface area contributed by atoms with Gasteiger partial charge in [0, 0.05) is 23.6 Å². The van der Waals surface area contributed by atoms with Crippen LogP contribution in [0.1, 0.15) is 6.42 Å². The SMILES string of the molecule is Cl.Cl.NC1CCN(c2ccccc2Br)C1. The average Bonchev–Trinajstić information content (AvgIpc) is 2.53. The van der Waals surface area contributed by atoms with Gasteiger partial charge in [0.25, 0.3) is 0 Å². The van der Waals surface area contributed by atoms with E-state index in [-0.39, 0.29) is 24.8 Å². The molecule has 0 spiro atoms. The van der Waals surface area contributed by atoms with Crippen molar-refractivity contribution in [1.29, 1.82) is 0 Å². The number of rotatable bonds is 1. The van der Waals surface area contributed by atoms with Crippen molar-refractivity contribution < 1.29 is 0 Å². The summed E-state index contributed by atoms with van der Waals surface area (Å²) in [6.07, 6.45) is 1.10. The molecule has 5 heteroatoms. The molecule has 1 aliphatic rings. The molecule has 1 unspecified atom stereocenters. The lowest BCUT2D eigenvalue weighted by atomic mass is 10.3. The molecule has 0 bridgehead atoms. The zero-order valence-corrected chi connectivity index (χ0v) is 11.4. The maximum atomic E-state index is 5.86. The lowest BCUT2D eigenvalue weighted by Crippen LogP contribution is -2.26. The number of hydrogen-bond acceptors (Lipinski definition) is 2. The fraction of sp³-hybridized carbons (Fsp3) is 0.400. The van der Waals surface area contributed by atoms with Gasteiger partial charge in [0.15, 0.2) is 0 Å². The second kappa shape index (κ2) is 6.59. The smallest absolute Gasteiger partial charge is 0.0511 e. The van der Waals surface area contributed by atoms with Gasteiger partial charge in [0.1, 0.15) is 0 Å². The second-order valence-electron chi connectivity index (χ2n) is 3.45. The first-order valence-corrected chi connectivity index (χ1v) is 5.32. The van der Waals surface area contributed by atoms with Gasteiger partial charge < -0.3 is 10.6 Å². The molecule has 1 aliphatic heterocycles. The van der Waals surface area contributed by atoms with Gasteiger partial charge in [-0.2, -0.15) is 0 Å². The summed E-state index contributed by atoms with van der Waals surface area (Å²) in [7, 11) is 0. The van der Waals surface area contributed by atoms with Gasteiger partial charge in [-0.25, -0.2) is 0 Å². The summed E-state index contributed by atoms with van der Waals surface area (Å²) >= 11 is 3.54. The number of nitrogens with zero attached hydrogens (tertiary/aromatic N) is 1. The molecule has 1 aromatic rings. The molecule has 1 fully saturated rings. The lowest BCUT2D eigenvalue weighted by molar-refractivity contribution is 0.752. The van der Waals surface area contributed by atoms with E-state index in [9.17, 15) is 0 Å². The Kier molecular flexibility index (Phi) is 6.60. The topological polar surface area (TPSA) is 29.3 Å². The summed E-state index contributed by atoms with van der Waals surface area (Å²) in [4.78, 5) is 2.33. The molecule has 1 aromatic carbocycles. The molecular weight excluding hydrogens is 299 g/mol. The minimum atomic E-state index is 0. The van der Waals surface area contributed by atoms with Gasteiger partial charge in [-0.3, -0.25) is 0 Å². The van der Waals surface area contributed by atoms with Gasteiger partial charge in [0.05, 0.1) is 5.69 Å². The van der Waals surface area contributed by atoms with Crippen LogP contribution in [0.15, 0.2) is 28.7 Å². The van der Waals surface area contributed by atoms with E-state index in [1.807, 2.05) is 6.07 Å². The van der Waals surface area contributed by atoms with Gasteiger partial charge in [-0.15, -0.1) is 24.8 Å². The highest BCUT2D eigenvalue weighted by molar-refractivity contribution is 9.10. The molecule has 2 nitrogen and oxygen atoms in total. The van der Waals surface area contributed by atoms with Crippen LogP contribution in [-0.2, 0) is 0 Å². The van der Waals surface area contributed by atoms with Crippen LogP contribution in [0, 0.1) is 0 Å². The molecule has 86 valence electrons. The number of anilines is 1. The fourth-order valence-corrected chi connectivity index (χ4v) is 2.25. The van der Waals surface area contributed by atoms with Crippen LogP contribution in [-0.4, -0.2) is 19.1 Å². The maximum absolute atomic E-state index is 5.86. The first-order chi connectivity index (χ1) is 6.27. The van der Waals surface area contributed by atoms with Crippen molar-refractivity contribution in [3.63, 3.8) is 0 Å². The number of nitrogens with two attached hydrogens (primary N) is 1. The predicted molar refractivity (Wildman–Crippen MR) is 73.4 cm³/mol. The average molecular weight is 314 g/mol. The molecule has 1 atom stereocenters. The molecule has 1 heterocycles. The molecule has 0 aromatic heterocycles. The first kappa shape index (κ1) is 15.0. The summed E-state index contributed by atoms with van der Waals surface area (Å²) in [6, 6.07) is 8.63. The molecule has 0 aliphatic carbocycles. The highest BCUT2D eigenvalue weighted by atomic mass is 79.9. The Bertz CT molecular complexity index is 309. The quantitative estimate of drug-likeness (QED) is 0.864. The highest BCUT2D eigenvalue weighted by Gasteiger charge is 2.20. The molecule has 2 rings (SSSR count). The van der Waals surface area contributed by atoms with Crippen molar-refractivity contribution in [2.45, 2.75) is 12.5 Å². The summed E-state index contributed by atoms with van der Waals surface area (Å²) in [6.45, 7) is 2.05. The van der Waals surface area contributed by atoms with Crippen LogP contribution in [0.2, 0.25) is 0 Å². The number of hydrogen-bond donors (Lipinski definition) is 1. The van der Waals surface area contributed by atoms with Crippen LogP contribution in [0.4, 0.5) is 5.69 Å². The molecule has 2 N–H and O–H groups in total. The largest absolute Gasteiger partial charge is 0.369 e. The third-order valence-corrected chi connectivity index (χ3v) is 3.09. The van der Waals surface area contributed by atoms with E-state index in [0.717, 1.165) is 24.0 Å². The summed E-state index contributed by atoms with van der Waals surface area (Å²) in [5.41, 5.74) is 7.12. The molecule has 0 radical (unpaired) electrons.